The predicted molar refractivity (Wildman–Crippen MR) is 73.4 cm³/mol. The van der Waals surface area contributed by atoms with Crippen molar-refractivity contribution < 1.29 is 9.13 Å². The van der Waals surface area contributed by atoms with Gasteiger partial charge in [0.15, 0.2) is 0 Å². The second kappa shape index (κ2) is 4.65. The number of benzene rings is 2. The molecule has 3 aromatic rings. The highest BCUT2D eigenvalue weighted by Crippen LogP contribution is 2.25. The zero-order valence-corrected chi connectivity index (χ0v) is 10.2. The number of fused-ring (bicyclic) bond motifs is 1. The van der Waals surface area contributed by atoms with Gasteiger partial charge in [-0.15, -0.1) is 0 Å². The molecule has 0 aliphatic heterocycles. The number of nitrogen functional groups attached to an aromatic ring is 1. The topological polar surface area (TPSA) is 51.0 Å². The van der Waals surface area contributed by atoms with E-state index in [2.05, 4.69) is 4.98 Å². The number of halogens is 1. The zero-order valence-electron chi connectivity index (χ0n) is 10.2. The van der Waals surface area contributed by atoms with E-state index >= 15 is 0 Å². The molecule has 96 valence electrons. The molecule has 0 unspecified atom stereocenters. The molecule has 0 aliphatic carbocycles. The maximum absolute atomic E-state index is 12.8. The Hall–Kier alpha value is -2.49. The molecular weight excluding hydrogens is 243 g/mol. The fraction of sp³-hybridized carbons (Fsp3) is 0.0667. The van der Waals surface area contributed by atoms with E-state index in [1.807, 2.05) is 24.4 Å². The van der Waals surface area contributed by atoms with Crippen molar-refractivity contribution in [3.8, 4) is 5.75 Å². The molecule has 0 amide bonds. The van der Waals surface area contributed by atoms with E-state index in [-0.39, 0.29) is 5.82 Å². The molecule has 2 aromatic carbocycles. The van der Waals surface area contributed by atoms with Crippen molar-refractivity contribution in [3.63, 3.8) is 0 Å². The van der Waals surface area contributed by atoms with E-state index in [4.69, 9.17) is 10.5 Å². The van der Waals surface area contributed by atoms with Crippen LogP contribution in [0.2, 0.25) is 0 Å². The number of H-pyrrole nitrogens is 1. The van der Waals surface area contributed by atoms with Crippen LogP contribution < -0.4 is 10.5 Å². The van der Waals surface area contributed by atoms with Crippen LogP contribution in [-0.2, 0) is 6.61 Å². The van der Waals surface area contributed by atoms with Crippen LogP contribution in [0, 0.1) is 5.82 Å². The second-order valence-electron chi connectivity index (χ2n) is 4.33. The van der Waals surface area contributed by atoms with E-state index in [1.54, 1.807) is 12.1 Å². The lowest BCUT2D eigenvalue weighted by Gasteiger charge is -2.06. The fourth-order valence-electron chi connectivity index (χ4n) is 2.09. The summed E-state index contributed by atoms with van der Waals surface area (Å²) in [6.45, 7) is 0.389. The highest BCUT2D eigenvalue weighted by atomic mass is 19.1. The molecule has 1 aromatic heterocycles. The van der Waals surface area contributed by atoms with Gasteiger partial charge in [0.25, 0.3) is 0 Å². The van der Waals surface area contributed by atoms with Gasteiger partial charge in [-0.2, -0.15) is 0 Å². The summed E-state index contributed by atoms with van der Waals surface area (Å²) in [6.07, 6.45) is 1.88. The first-order valence-electron chi connectivity index (χ1n) is 5.97. The number of nitrogens with one attached hydrogen (secondary N) is 1. The smallest absolute Gasteiger partial charge is 0.123 e. The summed E-state index contributed by atoms with van der Waals surface area (Å²) in [6, 6.07) is 11.7. The Morgan fingerprint density at radius 3 is 2.68 bits per heavy atom. The van der Waals surface area contributed by atoms with Crippen LogP contribution in [0.15, 0.2) is 48.7 Å². The van der Waals surface area contributed by atoms with E-state index in [9.17, 15) is 4.39 Å². The Bertz CT molecular complexity index is 704. The summed E-state index contributed by atoms with van der Waals surface area (Å²) >= 11 is 0. The van der Waals surface area contributed by atoms with Gasteiger partial charge in [-0.1, -0.05) is 6.07 Å². The number of hydrogen-bond acceptors (Lipinski definition) is 2. The third-order valence-electron chi connectivity index (χ3n) is 3.03. The van der Waals surface area contributed by atoms with Crippen molar-refractivity contribution in [1.82, 2.24) is 4.98 Å². The van der Waals surface area contributed by atoms with Crippen LogP contribution in [-0.4, -0.2) is 4.98 Å². The third-order valence-corrected chi connectivity index (χ3v) is 3.03. The molecular formula is C15H13FN2O. The van der Waals surface area contributed by atoms with Crippen molar-refractivity contribution >= 4 is 16.6 Å². The molecule has 4 heteroatoms. The van der Waals surface area contributed by atoms with Crippen LogP contribution in [0.25, 0.3) is 10.9 Å². The average molecular weight is 256 g/mol. The minimum atomic E-state index is -0.274. The van der Waals surface area contributed by atoms with Gasteiger partial charge in [0.1, 0.15) is 18.2 Å². The quantitative estimate of drug-likeness (QED) is 0.705. The van der Waals surface area contributed by atoms with Gasteiger partial charge in [0.2, 0.25) is 0 Å². The summed E-state index contributed by atoms with van der Waals surface area (Å²) in [7, 11) is 0. The summed E-state index contributed by atoms with van der Waals surface area (Å²) < 4.78 is 18.4. The van der Waals surface area contributed by atoms with Crippen molar-refractivity contribution in [2.24, 2.45) is 0 Å². The number of nitrogens with two attached hydrogens (primary N) is 1. The van der Waals surface area contributed by atoms with Gasteiger partial charge in [-0.25, -0.2) is 4.39 Å². The molecule has 3 rings (SSSR count). The van der Waals surface area contributed by atoms with E-state index < -0.39 is 0 Å². The molecule has 0 fully saturated rings. The van der Waals surface area contributed by atoms with Gasteiger partial charge < -0.3 is 15.5 Å². The monoisotopic (exact) mass is 256 g/mol. The van der Waals surface area contributed by atoms with Crippen LogP contribution >= 0.6 is 0 Å². The molecule has 3 nitrogen and oxygen atoms in total. The highest BCUT2D eigenvalue weighted by Gasteiger charge is 2.07. The summed E-state index contributed by atoms with van der Waals surface area (Å²) in [5.41, 5.74) is 8.65. The Morgan fingerprint density at radius 2 is 1.89 bits per heavy atom. The predicted octanol–water partition coefficient (Wildman–Crippen LogP) is 3.47. The Kier molecular flexibility index (Phi) is 2.83. The molecule has 0 atom stereocenters. The first kappa shape index (κ1) is 11.6. The van der Waals surface area contributed by atoms with Gasteiger partial charge >= 0.3 is 0 Å². The lowest BCUT2D eigenvalue weighted by atomic mass is 10.1. The lowest BCUT2D eigenvalue weighted by Crippen LogP contribution is -1.96. The maximum atomic E-state index is 12.8. The highest BCUT2D eigenvalue weighted by molar-refractivity contribution is 5.93. The third kappa shape index (κ3) is 2.25. The lowest BCUT2D eigenvalue weighted by molar-refractivity contribution is 0.307. The fourth-order valence-corrected chi connectivity index (χ4v) is 2.09. The maximum Gasteiger partial charge on any atom is 0.123 e. The van der Waals surface area contributed by atoms with Crippen molar-refractivity contribution in [2.45, 2.75) is 6.61 Å². The Labute approximate surface area is 109 Å². The Morgan fingerprint density at radius 1 is 1.11 bits per heavy atom. The van der Waals surface area contributed by atoms with Crippen LogP contribution in [0.5, 0.6) is 5.75 Å². The van der Waals surface area contributed by atoms with Gasteiger partial charge in [-0.3, -0.25) is 0 Å². The van der Waals surface area contributed by atoms with E-state index in [0.717, 1.165) is 22.2 Å². The number of ether oxygens (including phenoxy) is 1. The molecule has 0 radical (unpaired) electrons. The summed E-state index contributed by atoms with van der Waals surface area (Å²) in [5.74, 6) is 0.356. The number of rotatable bonds is 3. The molecule has 19 heavy (non-hydrogen) atoms. The Balaban J connectivity index is 1.84. The average Bonchev–Trinajstić information content (AvgIpc) is 2.83. The van der Waals surface area contributed by atoms with Gasteiger partial charge in [0, 0.05) is 28.4 Å². The SMILES string of the molecule is Nc1cccc2[nH]cc(COc3ccc(F)cc3)c12. The first-order chi connectivity index (χ1) is 9.24. The normalized spacial score (nSPS) is 10.8. The number of anilines is 1. The number of aromatic nitrogens is 1. The summed E-state index contributed by atoms with van der Waals surface area (Å²) in [5, 5.41) is 0.976. The van der Waals surface area contributed by atoms with Crippen molar-refractivity contribution in [2.75, 3.05) is 5.73 Å². The van der Waals surface area contributed by atoms with Crippen LogP contribution in [0.4, 0.5) is 10.1 Å². The molecule has 0 aliphatic rings. The minimum Gasteiger partial charge on any atom is -0.489 e. The van der Waals surface area contributed by atoms with Crippen molar-refractivity contribution in [3.05, 3.63) is 60.0 Å². The van der Waals surface area contributed by atoms with E-state index in [0.29, 0.717) is 12.4 Å². The molecule has 0 saturated heterocycles. The number of aromatic amines is 1. The summed E-state index contributed by atoms with van der Waals surface area (Å²) in [4.78, 5) is 3.15. The van der Waals surface area contributed by atoms with Crippen LogP contribution in [0.1, 0.15) is 5.56 Å². The molecule has 0 bridgehead atoms. The molecule has 1 heterocycles. The van der Waals surface area contributed by atoms with Crippen molar-refractivity contribution in [1.29, 1.82) is 0 Å². The molecule has 0 spiro atoms. The minimum absolute atomic E-state index is 0.274. The van der Waals surface area contributed by atoms with E-state index in [1.165, 1.54) is 12.1 Å². The first-order valence-corrected chi connectivity index (χ1v) is 5.97. The standard InChI is InChI=1S/C15H13FN2O/c16-11-4-6-12(7-5-11)19-9-10-8-18-14-3-1-2-13(17)15(10)14/h1-8,18H,9,17H2. The van der Waals surface area contributed by atoms with Crippen LogP contribution in [0.3, 0.4) is 0 Å². The largest absolute Gasteiger partial charge is 0.489 e. The molecule has 3 N–H and O–H groups in total. The zero-order chi connectivity index (χ0) is 13.2. The number of hydrogen-bond donors (Lipinski definition) is 2. The van der Waals surface area contributed by atoms with Gasteiger partial charge in [-0.05, 0) is 36.4 Å². The molecule has 0 saturated carbocycles. The second-order valence-corrected chi connectivity index (χ2v) is 4.33. The van der Waals surface area contributed by atoms with Gasteiger partial charge in [0.05, 0.1) is 0 Å².